The second-order valence-corrected chi connectivity index (χ2v) is 7.28. The summed E-state index contributed by atoms with van der Waals surface area (Å²) in [6, 6.07) is 7.34. The Morgan fingerprint density at radius 2 is 2.12 bits per heavy atom. The number of aryl methyl sites for hydroxylation is 2. The summed E-state index contributed by atoms with van der Waals surface area (Å²) in [5, 5.41) is 5.64. The molecule has 0 spiro atoms. The predicted octanol–water partition coefficient (Wildman–Crippen LogP) is 3.58. The van der Waals surface area contributed by atoms with Crippen molar-refractivity contribution >= 4 is 45.3 Å². The number of thiophene rings is 1. The Bertz CT molecular complexity index is 1000. The van der Waals surface area contributed by atoms with Crippen molar-refractivity contribution in [1.82, 2.24) is 9.55 Å². The van der Waals surface area contributed by atoms with E-state index in [-0.39, 0.29) is 5.56 Å². The van der Waals surface area contributed by atoms with Gasteiger partial charge < -0.3 is 0 Å². The number of hydrogen-bond acceptors (Lipinski definition) is 5. The lowest BCUT2D eigenvalue weighted by atomic mass is 10.2. The first kappa shape index (κ1) is 15.4. The molecule has 7 heteroatoms. The Kier molecular flexibility index (Phi) is 3.86. The van der Waals surface area contributed by atoms with E-state index in [2.05, 4.69) is 15.5 Å². The second kappa shape index (κ2) is 6.03. The molecule has 4 rings (SSSR count). The lowest BCUT2D eigenvalue weighted by Crippen LogP contribution is -2.21. The van der Waals surface area contributed by atoms with E-state index in [9.17, 15) is 4.79 Å². The van der Waals surface area contributed by atoms with Gasteiger partial charge in [0.1, 0.15) is 4.83 Å². The molecule has 1 aliphatic rings. The van der Waals surface area contributed by atoms with Gasteiger partial charge in [0, 0.05) is 16.9 Å². The van der Waals surface area contributed by atoms with Crippen LogP contribution in [0, 0.1) is 0 Å². The Morgan fingerprint density at radius 3 is 2.92 bits per heavy atom. The molecular formula is C17H15ClN4OS. The number of fused-ring (bicyclic) bond motifs is 3. The molecule has 3 aromatic rings. The van der Waals surface area contributed by atoms with Crippen molar-refractivity contribution in [2.45, 2.75) is 19.3 Å². The molecule has 0 atom stereocenters. The minimum absolute atomic E-state index is 0.0106. The van der Waals surface area contributed by atoms with E-state index < -0.39 is 0 Å². The van der Waals surface area contributed by atoms with Crippen LogP contribution < -0.4 is 11.0 Å². The van der Waals surface area contributed by atoms with Crippen molar-refractivity contribution in [2.75, 3.05) is 5.43 Å². The minimum Gasteiger partial charge on any atom is -0.280 e. The summed E-state index contributed by atoms with van der Waals surface area (Å²) >= 11 is 7.48. The third-order valence-corrected chi connectivity index (χ3v) is 5.63. The molecule has 1 N–H and O–H groups in total. The summed E-state index contributed by atoms with van der Waals surface area (Å²) in [7, 11) is 1.72. The fourth-order valence-corrected chi connectivity index (χ4v) is 4.32. The standard InChI is InChI=1S/C17H15ClN4OS/c1-22-16(23)14-12-3-2-4-13(12)24-15(14)20-17(22)21-19-9-10-5-7-11(18)8-6-10/h5-9H,2-4H2,1H3,(H,20,21)/b19-9+. The molecule has 0 amide bonds. The van der Waals surface area contributed by atoms with Crippen LogP contribution in [0.25, 0.3) is 10.2 Å². The zero-order chi connectivity index (χ0) is 16.7. The van der Waals surface area contributed by atoms with Gasteiger partial charge >= 0.3 is 0 Å². The highest BCUT2D eigenvalue weighted by Gasteiger charge is 2.22. The number of anilines is 1. The topological polar surface area (TPSA) is 59.3 Å². The number of aromatic nitrogens is 2. The van der Waals surface area contributed by atoms with Crippen LogP contribution in [0.5, 0.6) is 0 Å². The predicted molar refractivity (Wildman–Crippen MR) is 99.6 cm³/mol. The summed E-state index contributed by atoms with van der Waals surface area (Å²) in [5.41, 5.74) is 4.96. The lowest BCUT2D eigenvalue weighted by molar-refractivity contribution is 0.845. The lowest BCUT2D eigenvalue weighted by Gasteiger charge is -2.06. The van der Waals surface area contributed by atoms with Crippen LogP contribution in [-0.4, -0.2) is 15.8 Å². The largest absolute Gasteiger partial charge is 0.280 e. The van der Waals surface area contributed by atoms with Gasteiger partial charge in [-0.1, -0.05) is 23.7 Å². The van der Waals surface area contributed by atoms with Crippen LogP contribution in [0.1, 0.15) is 22.4 Å². The van der Waals surface area contributed by atoms with E-state index in [4.69, 9.17) is 11.6 Å². The molecule has 0 aliphatic heterocycles. The van der Waals surface area contributed by atoms with Crippen LogP contribution in [0.2, 0.25) is 5.02 Å². The summed E-state index contributed by atoms with van der Waals surface area (Å²) in [4.78, 5) is 19.3. The molecule has 0 fully saturated rings. The van der Waals surface area contributed by atoms with Crippen molar-refractivity contribution in [1.29, 1.82) is 0 Å². The first-order chi connectivity index (χ1) is 11.6. The van der Waals surface area contributed by atoms with Crippen molar-refractivity contribution < 1.29 is 0 Å². The van der Waals surface area contributed by atoms with E-state index in [0.29, 0.717) is 11.0 Å². The fourth-order valence-electron chi connectivity index (χ4n) is 2.94. The van der Waals surface area contributed by atoms with E-state index in [0.717, 1.165) is 35.0 Å². The third-order valence-electron chi connectivity index (χ3n) is 4.19. The average Bonchev–Trinajstić information content (AvgIpc) is 3.14. The van der Waals surface area contributed by atoms with Gasteiger partial charge in [-0.2, -0.15) is 5.10 Å². The summed E-state index contributed by atoms with van der Waals surface area (Å²) in [6.45, 7) is 0. The van der Waals surface area contributed by atoms with E-state index in [1.54, 1.807) is 36.7 Å². The zero-order valence-corrected chi connectivity index (χ0v) is 14.6. The maximum absolute atomic E-state index is 12.7. The number of nitrogens with one attached hydrogen (secondary N) is 1. The van der Waals surface area contributed by atoms with Crippen LogP contribution in [0.15, 0.2) is 34.2 Å². The number of hydrogen-bond donors (Lipinski definition) is 1. The fraction of sp³-hybridized carbons (Fsp3) is 0.235. The Balaban J connectivity index is 1.66. The number of rotatable bonds is 3. The summed E-state index contributed by atoms with van der Waals surface area (Å²) in [6.07, 6.45) is 4.83. The highest BCUT2D eigenvalue weighted by Crippen LogP contribution is 2.35. The molecule has 1 aromatic carbocycles. The number of hydrazone groups is 1. The van der Waals surface area contributed by atoms with Crippen LogP contribution in [0.4, 0.5) is 5.95 Å². The van der Waals surface area contributed by atoms with Gasteiger partial charge in [0.15, 0.2) is 0 Å². The van der Waals surface area contributed by atoms with Crippen molar-refractivity contribution in [3.63, 3.8) is 0 Å². The maximum Gasteiger partial charge on any atom is 0.263 e. The molecular weight excluding hydrogens is 344 g/mol. The molecule has 2 heterocycles. The molecule has 1 aliphatic carbocycles. The smallest absolute Gasteiger partial charge is 0.263 e. The van der Waals surface area contributed by atoms with Crippen LogP contribution in [0.3, 0.4) is 0 Å². The molecule has 122 valence electrons. The number of halogens is 1. The molecule has 0 saturated heterocycles. The molecule has 0 unspecified atom stereocenters. The Labute approximate surface area is 147 Å². The van der Waals surface area contributed by atoms with Gasteiger partial charge in [0.25, 0.3) is 5.56 Å². The molecule has 5 nitrogen and oxygen atoms in total. The van der Waals surface area contributed by atoms with Crippen molar-refractivity contribution in [2.24, 2.45) is 12.1 Å². The van der Waals surface area contributed by atoms with E-state index in [1.165, 1.54) is 15.0 Å². The van der Waals surface area contributed by atoms with Crippen LogP contribution in [-0.2, 0) is 19.9 Å². The zero-order valence-electron chi connectivity index (χ0n) is 13.0. The van der Waals surface area contributed by atoms with Gasteiger partial charge in [0.2, 0.25) is 5.95 Å². The molecule has 0 saturated carbocycles. The quantitative estimate of drug-likeness (QED) is 0.575. The maximum atomic E-state index is 12.7. The minimum atomic E-state index is -0.0106. The molecule has 0 bridgehead atoms. The second-order valence-electron chi connectivity index (χ2n) is 5.76. The first-order valence-corrected chi connectivity index (χ1v) is 8.89. The van der Waals surface area contributed by atoms with Gasteiger partial charge in [-0.05, 0) is 42.5 Å². The number of benzene rings is 1. The Hall–Kier alpha value is -2.18. The average molecular weight is 359 g/mol. The first-order valence-electron chi connectivity index (χ1n) is 7.69. The van der Waals surface area contributed by atoms with Gasteiger partial charge in [-0.25, -0.2) is 10.4 Å². The van der Waals surface area contributed by atoms with Crippen LogP contribution >= 0.6 is 22.9 Å². The summed E-state index contributed by atoms with van der Waals surface area (Å²) < 4.78 is 1.52. The van der Waals surface area contributed by atoms with E-state index in [1.807, 2.05) is 12.1 Å². The SMILES string of the molecule is Cn1c(N/N=C/c2ccc(Cl)cc2)nc2sc3c(c2c1=O)CCC3. The van der Waals surface area contributed by atoms with Gasteiger partial charge in [0.05, 0.1) is 11.6 Å². The highest BCUT2D eigenvalue weighted by molar-refractivity contribution is 7.18. The van der Waals surface area contributed by atoms with Crippen molar-refractivity contribution in [3.05, 3.63) is 55.6 Å². The normalized spacial score (nSPS) is 13.8. The Morgan fingerprint density at radius 1 is 1.33 bits per heavy atom. The van der Waals surface area contributed by atoms with E-state index >= 15 is 0 Å². The number of nitrogens with zero attached hydrogens (tertiary/aromatic N) is 3. The third kappa shape index (κ3) is 2.61. The molecule has 2 aromatic heterocycles. The van der Waals surface area contributed by atoms with Gasteiger partial charge in [-0.15, -0.1) is 11.3 Å². The highest BCUT2D eigenvalue weighted by atomic mass is 35.5. The van der Waals surface area contributed by atoms with Gasteiger partial charge in [-0.3, -0.25) is 9.36 Å². The monoisotopic (exact) mass is 358 g/mol. The summed E-state index contributed by atoms with van der Waals surface area (Å²) in [5.74, 6) is 0.442. The van der Waals surface area contributed by atoms with Crippen molar-refractivity contribution in [3.8, 4) is 0 Å². The molecule has 24 heavy (non-hydrogen) atoms. The molecule has 0 radical (unpaired) electrons.